The Balaban J connectivity index is 2.07. The molecule has 2 aromatic carbocycles. The summed E-state index contributed by atoms with van der Waals surface area (Å²) in [5.74, 6) is -0.217. The SMILES string of the molecule is CNCc1cc2ccccc2n1Cc1cc(F)cc(Br)c1. The first-order valence-electron chi connectivity index (χ1n) is 6.84. The van der Waals surface area contributed by atoms with E-state index in [1.54, 1.807) is 6.07 Å². The van der Waals surface area contributed by atoms with Crippen molar-refractivity contribution >= 4 is 26.8 Å². The van der Waals surface area contributed by atoms with Crippen LogP contribution >= 0.6 is 15.9 Å². The molecule has 0 spiro atoms. The predicted molar refractivity (Wildman–Crippen MR) is 87.9 cm³/mol. The van der Waals surface area contributed by atoms with Gasteiger partial charge in [0.25, 0.3) is 0 Å². The number of halogens is 2. The second-order valence-corrected chi connectivity index (χ2v) is 6.00. The summed E-state index contributed by atoms with van der Waals surface area (Å²) in [6.45, 7) is 1.44. The minimum atomic E-state index is -0.217. The molecular formula is C17H16BrFN2. The molecule has 0 aliphatic carbocycles. The predicted octanol–water partition coefficient (Wildman–Crippen LogP) is 4.31. The van der Waals surface area contributed by atoms with Crippen LogP contribution in [0.15, 0.2) is 53.0 Å². The van der Waals surface area contributed by atoms with Crippen LogP contribution in [0.4, 0.5) is 4.39 Å². The molecule has 0 bridgehead atoms. The number of rotatable bonds is 4. The number of benzene rings is 2. The maximum absolute atomic E-state index is 13.6. The van der Waals surface area contributed by atoms with Gasteiger partial charge >= 0.3 is 0 Å². The lowest BCUT2D eigenvalue weighted by Gasteiger charge is -2.11. The van der Waals surface area contributed by atoms with Crippen LogP contribution in [0.25, 0.3) is 10.9 Å². The number of nitrogens with one attached hydrogen (secondary N) is 1. The van der Waals surface area contributed by atoms with Crippen molar-refractivity contribution in [3.8, 4) is 0 Å². The fraction of sp³-hybridized carbons (Fsp3) is 0.176. The van der Waals surface area contributed by atoms with Gasteiger partial charge in [-0.25, -0.2) is 4.39 Å². The van der Waals surface area contributed by atoms with E-state index in [9.17, 15) is 4.39 Å². The van der Waals surface area contributed by atoms with E-state index in [2.05, 4.69) is 44.0 Å². The molecule has 21 heavy (non-hydrogen) atoms. The number of hydrogen-bond donors (Lipinski definition) is 1. The first-order valence-corrected chi connectivity index (χ1v) is 7.63. The van der Waals surface area contributed by atoms with E-state index >= 15 is 0 Å². The lowest BCUT2D eigenvalue weighted by molar-refractivity contribution is 0.621. The molecule has 0 unspecified atom stereocenters. The van der Waals surface area contributed by atoms with E-state index in [0.29, 0.717) is 6.54 Å². The number of nitrogens with zero attached hydrogens (tertiary/aromatic N) is 1. The van der Waals surface area contributed by atoms with Crippen molar-refractivity contribution < 1.29 is 4.39 Å². The average Bonchev–Trinajstić information content (AvgIpc) is 2.76. The third-order valence-electron chi connectivity index (χ3n) is 3.52. The van der Waals surface area contributed by atoms with Crippen molar-refractivity contribution in [2.24, 2.45) is 0 Å². The van der Waals surface area contributed by atoms with Crippen molar-refractivity contribution in [3.05, 3.63) is 70.1 Å². The Hall–Kier alpha value is -1.65. The molecule has 0 amide bonds. The maximum atomic E-state index is 13.6. The van der Waals surface area contributed by atoms with Crippen LogP contribution in [-0.4, -0.2) is 11.6 Å². The highest BCUT2D eigenvalue weighted by Crippen LogP contribution is 2.23. The lowest BCUT2D eigenvalue weighted by Crippen LogP contribution is -2.12. The highest BCUT2D eigenvalue weighted by molar-refractivity contribution is 9.10. The van der Waals surface area contributed by atoms with Crippen LogP contribution in [0.3, 0.4) is 0 Å². The van der Waals surface area contributed by atoms with Gasteiger partial charge in [0.15, 0.2) is 0 Å². The van der Waals surface area contributed by atoms with Crippen LogP contribution in [0, 0.1) is 5.82 Å². The monoisotopic (exact) mass is 346 g/mol. The molecule has 0 atom stereocenters. The average molecular weight is 347 g/mol. The van der Waals surface area contributed by atoms with Gasteiger partial charge in [0.2, 0.25) is 0 Å². The molecule has 3 aromatic rings. The Labute approximate surface area is 131 Å². The van der Waals surface area contributed by atoms with Crippen LogP contribution < -0.4 is 5.32 Å². The normalized spacial score (nSPS) is 11.2. The quantitative estimate of drug-likeness (QED) is 0.744. The van der Waals surface area contributed by atoms with Crippen LogP contribution in [0.5, 0.6) is 0 Å². The Morgan fingerprint density at radius 3 is 2.71 bits per heavy atom. The molecule has 0 saturated heterocycles. The summed E-state index contributed by atoms with van der Waals surface area (Å²) < 4.78 is 16.6. The first kappa shape index (κ1) is 14.3. The van der Waals surface area contributed by atoms with E-state index in [4.69, 9.17) is 0 Å². The Morgan fingerprint density at radius 2 is 1.95 bits per heavy atom. The zero-order chi connectivity index (χ0) is 14.8. The summed E-state index contributed by atoms with van der Waals surface area (Å²) >= 11 is 3.35. The zero-order valence-electron chi connectivity index (χ0n) is 11.7. The maximum Gasteiger partial charge on any atom is 0.124 e. The summed E-state index contributed by atoms with van der Waals surface area (Å²) in [6.07, 6.45) is 0. The van der Waals surface area contributed by atoms with Gasteiger partial charge in [-0.1, -0.05) is 34.1 Å². The van der Waals surface area contributed by atoms with E-state index < -0.39 is 0 Å². The number of aromatic nitrogens is 1. The first-order chi connectivity index (χ1) is 10.2. The van der Waals surface area contributed by atoms with Gasteiger partial charge in [0, 0.05) is 28.8 Å². The second-order valence-electron chi connectivity index (χ2n) is 5.09. The van der Waals surface area contributed by atoms with E-state index in [1.165, 1.54) is 22.7 Å². The standard InChI is InChI=1S/C17H16BrFN2/c1-20-10-16-8-13-4-2-3-5-17(13)21(16)11-12-6-14(18)9-15(19)7-12/h2-9,20H,10-11H2,1H3. The fourth-order valence-electron chi connectivity index (χ4n) is 2.67. The van der Waals surface area contributed by atoms with E-state index in [0.717, 1.165) is 16.6 Å². The van der Waals surface area contributed by atoms with Crippen LogP contribution in [0.2, 0.25) is 0 Å². The largest absolute Gasteiger partial charge is 0.339 e. The summed E-state index contributed by atoms with van der Waals surface area (Å²) in [7, 11) is 1.93. The summed E-state index contributed by atoms with van der Waals surface area (Å²) in [5.41, 5.74) is 3.31. The molecule has 1 heterocycles. The molecule has 0 fully saturated rings. The summed E-state index contributed by atoms with van der Waals surface area (Å²) in [5, 5.41) is 4.40. The Kier molecular flexibility index (Phi) is 4.08. The number of fused-ring (bicyclic) bond motifs is 1. The zero-order valence-corrected chi connectivity index (χ0v) is 13.3. The van der Waals surface area contributed by atoms with E-state index in [1.807, 2.05) is 25.2 Å². The molecule has 0 aliphatic heterocycles. The molecule has 0 radical (unpaired) electrons. The molecule has 2 nitrogen and oxygen atoms in total. The highest BCUT2D eigenvalue weighted by Gasteiger charge is 2.09. The van der Waals surface area contributed by atoms with Crippen molar-refractivity contribution in [3.63, 3.8) is 0 Å². The molecule has 1 aromatic heterocycles. The summed E-state index contributed by atoms with van der Waals surface area (Å²) in [6, 6.07) is 15.5. The molecule has 3 rings (SSSR count). The smallest absolute Gasteiger partial charge is 0.124 e. The third-order valence-corrected chi connectivity index (χ3v) is 3.98. The van der Waals surface area contributed by atoms with Gasteiger partial charge in [-0.2, -0.15) is 0 Å². The summed E-state index contributed by atoms with van der Waals surface area (Å²) in [4.78, 5) is 0. The van der Waals surface area contributed by atoms with Crippen molar-refractivity contribution in [1.82, 2.24) is 9.88 Å². The van der Waals surface area contributed by atoms with Crippen LogP contribution in [-0.2, 0) is 13.1 Å². The molecule has 0 saturated carbocycles. The topological polar surface area (TPSA) is 17.0 Å². The van der Waals surface area contributed by atoms with Crippen molar-refractivity contribution in [2.45, 2.75) is 13.1 Å². The number of hydrogen-bond acceptors (Lipinski definition) is 1. The molecular weight excluding hydrogens is 331 g/mol. The molecule has 0 aliphatic rings. The Bertz CT molecular complexity index is 759. The second kappa shape index (κ2) is 6.00. The molecule has 1 N–H and O–H groups in total. The van der Waals surface area contributed by atoms with Gasteiger partial charge in [0.05, 0.1) is 0 Å². The van der Waals surface area contributed by atoms with Gasteiger partial charge in [-0.3, -0.25) is 0 Å². The minimum absolute atomic E-state index is 0.217. The van der Waals surface area contributed by atoms with Crippen molar-refractivity contribution in [1.29, 1.82) is 0 Å². The Morgan fingerprint density at radius 1 is 1.14 bits per heavy atom. The van der Waals surface area contributed by atoms with Gasteiger partial charge in [-0.15, -0.1) is 0 Å². The van der Waals surface area contributed by atoms with Crippen molar-refractivity contribution in [2.75, 3.05) is 7.05 Å². The van der Waals surface area contributed by atoms with Gasteiger partial charge in [0.1, 0.15) is 5.82 Å². The lowest BCUT2D eigenvalue weighted by atomic mass is 10.2. The van der Waals surface area contributed by atoms with Crippen LogP contribution in [0.1, 0.15) is 11.3 Å². The molecule has 4 heteroatoms. The van der Waals surface area contributed by atoms with E-state index in [-0.39, 0.29) is 5.82 Å². The highest BCUT2D eigenvalue weighted by atomic mass is 79.9. The molecule has 108 valence electrons. The van der Waals surface area contributed by atoms with Gasteiger partial charge in [-0.05, 0) is 48.3 Å². The fourth-order valence-corrected chi connectivity index (χ4v) is 3.18. The minimum Gasteiger partial charge on any atom is -0.339 e. The number of para-hydroxylation sites is 1. The third kappa shape index (κ3) is 3.01. The van der Waals surface area contributed by atoms with Gasteiger partial charge < -0.3 is 9.88 Å².